The molecule has 1 aliphatic rings. The van der Waals surface area contributed by atoms with Gasteiger partial charge in [0, 0.05) is 12.1 Å². The van der Waals surface area contributed by atoms with Gasteiger partial charge < -0.3 is 10.4 Å². The second kappa shape index (κ2) is 2.81. The zero-order chi connectivity index (χ0) is 9.42. The number of hydrogen-bond acceptors (Lipinski definition) is 2. The van der Waals surface area contributed by atoms with Crippen molar-refractivity contribution in [3.05, 3.63) is 29.6 Å². The first-order valence-electron chi connectivity index (χ1n) is 3.94. The molecule has 1 atom stereocenters. The number of fused-ring (bicyclic) bond motifs is 1. The predicted octanol–water partition coefficient (Wildman–Crippen LogP) is 0.681. The average Bonchev–Trinajstić information content (AvgIpc) is 2.08. The van der Waals surface area contributed by atoms with Crippen molar-refractivity contribution in [2.75, 3.05) is 5.32 Å². The van der Waals surface area contributed by atoms with Gasteiger partial charge in [-0.1, -0.05) is 6.07 Å². The van der Waals surface area contributed by atoms with Crippen LogP contribution < -0.4 is 5.32 Å². The normalized spacial score (nSPS) is 20.8. The monoisotopic (exact) mass is 181 g/mol. The number of aliphatic hydroxyl groups excluding tert-OH is 1. The highest BCUT2D eigenvalue weighted by Gasteiger charge is 2.23. The second-order valence-corrected chi connectivity index (χ2v) is 3.01. The first-order chi connectivity index (χ1) is 6.16. The summed E-state index contributed by atoms with van der Waals surface area (Å²) in [5.74, 6) is -0.867. The van der Waals surface area contributed by atoms with Gasteiger partial charge in [0.1, 0.15) is 11.9 Å². The van der Waals surface area contributed by atoms with Crippen molar-refractivity contribution in [1.29, 1.82) is 0 Å². The number of halogens is 1. The van der Waals surface area contributed by atoms with Gasteiger partial charge in [-0.25, -0.2) is 4.39 Å². The minimum atomic E-state index is -1.02. The molecule has 0 spiro atoms. The van der Waals surface area contributed by atoms with Crippen LogP contribution in [-0.4, -0.2) is 17.1 Å². The van der Waals surface area contributed by atoms with E-state index in [1.54, 1.807) is 6.07 Å². The average molecular weight is 181 g/mol. The molecule has 1 heterocycles. The minimum absolute atomic E-state index is 0.251. The number of benzene rings is 1. The van der Waals surface area contributed by atoms with E-state index in [9.17, 15) is 14.3 Å². The lowest BCUT2D eigenvalue weighted by Crippen LogP contribution is -2.34. The standard InChI is InChI=1S/C9H8FNO2/c10-6-2-1-5-3-8(12)9(13)11-7(5)4-6/h1-2,4,8,12H,3H2,(H,11,13)/t8-/m1/s1. The molecule has 0 saturated carbocycles. The fourth-order valence-electron chi connectivity index (χ4n) is 1.36. The Morgan fingerprint density at radius 1 is 1.54 bits per heavy atom. The first-order valence-corrected chi connectivity index (χ1v) is 3.94. The topological polar surface area (TPSA) is 49.3 Å². The van der Waals surface area contributed by atoms with Crippen LogP contribution in [0.2, 0.25) is 0 Å². The number of aliphatic hydroxyl groups is 1. The van der Waals surface area contributed by atoms with Crippen molar-refractivity contribution in [2.45, 2.75) is 12.5 Å². The quantitative estimate of drug-likeness (QED) is 0.618. The SMILES string of the molecule is O=C1Nc2cc(F)ccc2C[C@H]1O. The predicted molar refractivity (Wildman–Crippen MR) is 44.7 cm³/mol. The molecule has 2 rings (SSSR count). The largest absolute Gasteiger partial charge is 0.383 e. The van der Waals surface area contributed by atoms with Gasteiger partial charge in [-0.3, -0.25) is 4.79 Å². The minimum Gasteiger partial charge on any atom is -0.383 e. The van der Waals surface area contributed by atoms with E-state index in [-0.39, 0.29) is 6.42 Å². The molecule has 3 nitrogen and oxygen atoms in total. The van der Waals surface area contributed by atoms with Crippen LogP contribution in [0.4, 0.5) is 10.1 Å². The van der Waals surface area contributed by atoms with Crippen LogP contribution >= 0.6 is 0 Å². The van der Waals surface area contributed by atoms with Gasteiger partial charge in [0.25, 0.3) is 5.91 Å². The summed E-state index contributed by atoms with van der Waals surface area (Å²) in [6, 6.07) is 4.12. The molecule has 68 valence electrons. The van der Waals surface area contributed by atoms with Crippen molar-refractivity contribution in [3.8, 4) is 0 Å². The highest BCUT2D eigenvalue weighted by atomic mass is 19.1. The van der Waals surface area contributed by atoms with E-state index >= 15 is 0 Å². The first kappa shape index (κ1) is 8.19. The number of hydrogen-bond donors (Lipinski definition) is 2. The molecule has 1 aliphatic heterocycles. The molecule has 2 N–H and O–H groups in total. The molecule has 0 saturated heterocycles. The van der Waals surface area contributed by atoms with Crippen LogP contribution in [-0.2, 0) is 11.2 Å². The number of nitrogens with one attached hydrogen (secondary N) is 1. The van der Waals surface area contributed by atoms with Crippen molar-refractivity contribution < 1.29 is 14.3 Å². The van der Waals surface area contributed by atoms with E-state index in [4.69, 9.17) is 0 Å². The molecule has 0 fully saturated rings. The molecule has 0 aromatic heterocycles. The third-order valence-corrected chi connectivity index (χ3v) is 2.05. The smallest absolute Gasteiger partial charge is 0.253 e. The Labute approximate surface area is 74.2 Å². The molecule has 0 aliphatic carbocycles. The Hall–Kier alpha value is -1.42. The summed E-state index contributed by atoms with van der Waals surface area (Å²) in [6.45, 7) is 0. The third kappa shape index (κ3) is 1.40. The molecule has 1 amide bonds. The summed E-state index contributed by atoms with van der Waals surface area (Å²) >= 11 is 0. The molecule has 1 aromatic carbocycles. The van der Waals surface area contributed by atoms with Gasteiger partial charge in [-0.2, -0.15) is 0 Å². The number of anilines is 1. The Bertz CT molecular complexity index is 365. The molecule has 0 radical (unpaired) electrons. The fourth-order valence-corrected chi connectivity index (χ4v) is 1.36. The van der Waals surface area contributed by atoms with Gasteiger partial charge >= 0.3 is 0 Å². The molecule has 0 bridgehead atoms. The van der Waals surface area contributed by atoms with E-state index in [0.717, 1.165) is 5.56 Å². The maximum atomic E-state index is 12.7. The van der Waals surface area contributed by atoms with Crippen LogP contribution in [0, 0.1) is 5.82 Å². The van der Waals surface area contributed by atoms with Crippen LogP contribution in [0.1, 0.15) is 5.56 Å². The van der Waals surface area contributed by atoms with Crippen molar-refractivity contribution >= 4 is 11.6 Å². The van der Waals surface area contributed by atoms with E-state index in [2.05, 4.69) is 5.32 Å². The third-order valence-electron chi connectivity index (χ3n) is 2.05. The van der Waals surface area contributed by atoms with Gasteiger partial charge in [-0.05, 0) is 17.7 Å². The summed E-state index contributed by atoms with van der Waals surface area (Å²) in [5, 5.41) is 11.6. The summed E-state index contributed by atoms with van der Waals surface area (Å²) in [4.78, 5) is 11.0. The lowest BCUT2D eigenvalue weighted by molar-refractivity contribution is -0.124. The number of carbonyl (C=O) groups excluding carboxylic acids is 1. The van der Waals surface area contributed by atoms with Crippen molar-refractivity contribution in [1.82, 2.24) is 0 Å². The lowest BCUT2D eigenvalue weighted by atomic mass is 10.0. The highest BCUT2D eigenvalue weighted by Crippen LogP contribution is 2.23. The van der Waals surface area contributed by atoms with Gasteiger partial charge in [-0.15, -0.1) is 0 Å². The second-order valence-electron chi connectivity index (χ2n) is 3.01. The zero-order valence-corrected chi connectivity index (χ0v) is 6.75. The summed E-state index contributed by atoms with van der Waals surface area (Å²) in [6.07, 6.45) is -0.764. The summed E-state index contributed by atoms with van der Waals surface area (Å²) in [7, 11) is 0. The summed E-state index contributed by atoms with van der Waals surface area (Å²) < 4.78 is 12.7. The Kier molecular flexibility index (Phi) is 1.77. The molecular weight excluding hydrogens is 173 g/mol. The highest BCUT2D eigenvalue weighted by molar-refractivity contribution is 5.97. The van der Waals surface area contributed by atoms with Gasteiger partial charge in [0.15, 0.2) is 0 Å². The fraction of sp³-hybridized carbons (Fsp3) is 0.222. The zero-order valence-electron chi connectivity index (χ0n) is 6.75. The van der Waals surface area contributed by atoms with E-state index in [0.29, 0.717) is 5.69 Å². The Morgan fingerprint density at radius 3 is 3.08 bits per heavy atom. The lowest BCUT2D eigenvalue weighted by Gasteiger charge is -2.20. The van der Waals surface area contributed by atoms with Crippen LogP contribution in [0.3, 0.4) is 0 Å². The maximum Gasteiger partial charge on any atom is 0.253 e. The van der Waals surface area contributed by atoms with Crippen molar-refractivity contribution in [2.24, 2.45) is 0 Å². The van der Waals surface area contributed by atoms with Crippen LogP contribution in [0.5, 0.6) is 0 Å². The number of carbonyl (C=O) groups is 1. The molecule has 1 aromatic rings. The Balaban J connectivity index is 2.42. The summed E-state index contributed by atoms with van der Waals surface area (Å²) in [5.41, 5.74) is 1.21. The van der Waals surface area contributed by atoms with E-state index in [1.807, 2.05) is 0 Å². The maximum absolute atomic E-state index is 12.7. The molecular formula is C9H8FNO2. The Morgan fingerprint density at radius 2 is 2.31 bits per heavy atom. The molecule has 4 heteroatoms. The van der Waals surface area contributed by atoms with Gasteiger partial charge in [0.2, 0.25) is 0 Å². The number of amides is 1. The van der Waals surface area contributed by atoms with Crippen molar-refractivity contribution in [3.63, 3.8) is 0 Å². The van der Waals surface area contributed by atoms with Crippen LogP contribution in [0.25, 0.3) is 0 Å². The number of rotatable bonds is 0. The van der Waals surface area contributed by atoms with E-state index < -0.39 is 17.8 Å². The molecule has 13 heavy (non-hydrogen) atoms. The van der Waals surface area contributed by atoms with E-state index in [1.165, 1.54) is 12.1 Å². The van der Waals surface area contributed by atoms with Crippen LogP contribution in [0.15, 0.2) is 18.2 Å². The molecule has 0 unspecified atom stereocenters. The van der Waals surface area contributed by atoms with Gasteiger partial charge in [0.05, 0.1) is 0 Å².